The summed E-state index contributed by atoms with van der Waals surface area (Å²) < 4.78 is 0. The maximum Gasteiger partial charge on any atom is 0.233 e. The Morgan fingerprint density at radius 3 is 2.40 bits per heavy atom. The van der Waals surface area contributed by atoms with Gasteiger partial charge in [0.2, 0.25) is 11.8 Å². The van der Waals surface area contributed by atoms with Crippen LogP contribution in [0.25, 0.3) is 0 Å². The third-order valence-electron chi connectivity index (χ3n) is 4.05. The minimum atomic E-state index is -0.264. The molecule has 3 rings (SSSR count). The molecule has 20 heavy (non-hydrogen) atoms. The molecule has 1 fully saturated rings. The molecule has 1 aromatic rings. The molecule has 1 heterocycles. The number of fused-ring (bicyclic) bond motifs is 1. The molecular formula is C15H17BrN2O2. The number of hydrogen-bond acceptors (Lipinski definition) is 2. The van der Waals surface area contributed by atoms with E-state index in [-0.39, 0.29) is 18.2 Å². The number of nitrogens with one attached hydrogen (secondary N) is 2. The second-order valence-corrected chi connectivity index (χ2v) is 6.51. The maximum absolute atomic E-state index is 11.6. The van der Waals surface area contributed by atoms with Crippen LogP contribution in [0, 0.1) is 5.92 Å². The van der Waals surface area contributed by atoms with Crippen LogP contribution in [0.2, 0.25) is 0 Å². The van der Waals surface area contributed by atoms with E-state index >= 15 is 0 Å². The van der Waals surface area contributed by atoms with Crippen LogP contribution in [0.3, 0.4) is 0 Å². The Morgan fingerprint density at radius 1 is 1.05 bits per heavy atom. The molecular weight excluding hydrogens is 320 g/mol. The van der Waals surface area contributed by atoms with Gasteiger partial charge in [-0.25, -0.2) is 0 Å². The van der Waals surface area contributed by atoms with E-state index in [9.17, 15) is 9.59 Å². The Balaban J connectivity index is 1.88. The summed E-state index contributed by atoms with van der Waals surface area (Å²) in [4.78, 5) is 23.4. The van der Waals surface area contributed by atoms with Crippen molar-refractivity contribution in [1.29, 1.82) is 0 Å². The highest BCUT2D eigenvalue weighted by atomic mass is 79.9. The summed E-state index contributed by atoms with van der Waals surface area (Å²) in [7, 11) is 0. The highest BCUT2D eigenvalue weighted by molar-refractivity contribution is 9.09. The highest BCUT2D eigenvalue weighted by Gasteiger charge is 2.25. The van der Waals surface area contributed by atoms with E-state index in [1.807, 2.05) is 18.2 Å². The van der Waals surface area contributed by atoms with Crippen LogP contribution in [0.4, 0.5) is 11.4 Å². The number of carbonyl (C=O) groups excluding carboxylic acids is 2. The lowest BCUT2D eigenvalue weighted by atomic mass is 9.97. The maximum atomic E-state index is 11.6. The number of benzene rings is 1. The van der Waals surface area contributed by atoms with E-state index in [1.165, 1.54) is 25.7 Å². The Labute approximate surface area is 126 Å². The van der Waals surface area contributed by atoms with Crippen molar-refractivity contribution in [2.45, 2.75) is 36.9 Å². The van der Waals surface area contributed by atoms with Gasteiger partial charge in [-0.3, -0.25) is 9.59 Å². The predicted octanol–water partition coefficient (Wildman–Crippen LogP) is 3.59. The van der Waals surface area contributed by atoms with Gasteiger partial charge in [0.05, 0.1) is 11.4 Å². The second-order valence-electron chi connectivity index (χ2n) is 5.52. The van der Waals surface area contributed by atoms with Gasteiger partial charge < -0.3 is 10.6 Å². The third kappa shape index (κ3) is 2.73. The average Bonchev–Trinajstić information content (AvgIpc) is 2.88. The molecule has 2 amide bonds. The largest absolute Gasteiger partial charge is 0.324 e. The van der Waals surface area contributed by atoms with Gasteiger partial charge in [-0.05, 0) is 36.5 Å². The van der Waals surface area contributed by atoms with Crippen LogP contribution in [0.15, 0.2) is 18.2 Å². The molecule has 1 aliphatic heterocycles. The molecule has 106 valence electrons. The van der Waals surface area contributed by atoms with E-state index in [1.54, 1.807) is 0 Å². The number of carbonyl (C=O) groups is 2. The van der Waals surface area contributed by atoms with E-state index in [4.69, 9.17) is 0 Å². The number of rotatable bonds is 2. The van der Waals surface area contributed by atoms with Crippen molar-refractivity contribution < 1.29 is 9.59 Å². The van der Waals surface area contributed by atoms with E-state index in [0.717, 1.165) is 5.56 Å². The topological polar surface area (TPSA) is 58.2 Å². The van der Waals surface area contributed by atoms with Crippen molar-refractivity contribution in [3.63, 3.8) is 0 Å². The smallest absolute Gasteiger partial charge is 0.233 e. The quantitative estimate of drug-likeness (QED) is 0.640. The van der Waals surface area contributed by atoms with Crippen molar-refractivity contribution in [3.05, 3.63) is 23.8 Å². The summed E-state index contributed by atoms with van der Waals surface area (Å²) in [5, 5.41) is 5.55. The van der Waals surface area contributed by atoms with Crippen molar-refractivity contribution in [2.75, 3.05) is 10.6 Å². The van der Waals surface area contributed by atoms with Crippen LogP contribution >= 0.6 is 15.9 Å². The van der Waals surface area contributed by atoms with E-state index in [0.29, 0.717) is 22.1 Å². The van der Waals surface area contributed by atoms with Crippen LogP contribution in [0.1, 0.15) is 42.5 Å². The first-order valence-corrected chi connectivity index (χ1v) is 7.93. The van der Waals surface area contributed by atoms with Crippen molar-refractivity contribution in [2.24, 2.45) is 5.92 Å². The number of halogens is 1. The number of alkyl halides is 1. The highest BCUT2D eigenvalue weighted by Crippen LogP contribution is 2.42. The minimum absolute atomic E-state index is 0.121. The van der Waals surface area contributed by atoms with Crippen molar-refractivity contribution >= 4 is 39.1 Å². The Kier molecular flexibility index (Phi) is 3.78. The third-order valence-corrected chi connectivity index (χ3v) is 5.32. The molecule has 0 spiro atoms. The summed E-state index contributed by atoms with van der Waals surface area (Å²) in [6, 6.07) is 5.86. The van der Waals surface area contributed by atoms with E-state index in [2.05, 4.69) is 26.6 Å². The SMILES string of the molecule is O=C1CC(=O)Nc2cc(C(Br)C3CCCC3)ccc2N1. The Bertz CT molecular complexity index is 553. The minimum Gasteiger partial charge on any atom is -0.324 e. The zero-order chi connectivity index (χ0) is 14.1. The monoisotopic (exact) mass is 336 g/mol. The first-order valence-electron chi connectivity index (χ1n) is 7.01. The summed E-state index contributed by atoms with van der Waals surface area (Å²) in [6.07, 6.45) is 4.96. The zero-order valence-electron chi connectivity index (χ0n) is 11.1. The lowest BCUT2D eigenvalue weighted by molar-refractivity contribution is -0.123. The van der Waals surface area contributed by atoms with Crippen LogP contribution in [0.5, 0.6) is 0 Å². The second kappa shape index (κ2) is 5.56. The van der Waals surface area contributed by atoms with Crippen LogP contribution in [-0.2, 0) is 9.59 Å². The molecule has 4 nitrogen and oxygen atoms in total. The molecule has 1 saturated carbocycles. The summed E-state index contributed by atoms with van der Waals surface area (Å²) in [5.41, 5.74) is 2.53. The van der Waals surface area contributed by atoms with Gasteiger partial charge in [-0.2, -0.15) is 0 Å². The fourth-order valence-corrected chi connectivity index (χ4v) is 3.82. The van der Waals surface area contributed by atoms with Crippen LogP contribution in [-0.4, -0.2) is 11.8 Å². The first-order chi connectivity index (χ1) is 9.63. The molecule has 0 aromatic heterocycles. The van der Waals surface area contributed by atoms with Gasteiger partial charge >= 0.3 is 0 Å². The molecule has 1 aliphatic carbocycles. The fraction of sp³-hybridized carbons (Fsp3) is 0.467. The van der Waals surface area contributed by atoms with Gasteiger partial charge in [-0.1, -0.05) is 34.8 Å². The molecule has 2 N–H and O–H groups in total. The van der Waals surface area contributed by atoms with Gasteiger partial charge in [0.1, 0.15) is 6.42 Å². The Morgan fingerprint density at radius 2 is 1.70 bits per heavy atom. The van der Waals surface area contributed by atoms with Gasteiger partial charge in [0.15, 0.2) is 0 Å². The number of hydrogen-bond donors (Lipinski definition) is 2. The zero-order valence-corrected chi connectivity index (χ0v) is 12.7. The molecule has 1 aromatic carbocycles. The van der Waals surface area contributed by atoms with Gasteiger partial charge in [-0.15, -0.1) is 0 Å². The normalized spacial score (nSPS) is 20.9. The molecule has 1 atom stereocenters. The molecule has 0 saturated heterocycles. The average molecular weight is 337 g/mol. The lowest BCUT2D eigenvalue weighted by Gasteiger charge is -2.19. The molecule has 0 radical (unpaired) electrons. The number of amides is 2. The van der Waals surface area contributed by atoms with Crippen LogP contribution < -0.4 is 10.6 Å². The lowest BCUT2D eigenvalue weighted by Crippen LogP contribution is -2.16. The van der Waals surface area contributed by atoms with Gasteiger partial charge in [0, 0.05) is 4.83 Å². The fourth-order valence-electron chi connectivity index (χ4n) is 3.00. The standard InChI is InChI=1S/C15H17BrN2O2/c16-15(9-3-1-2-4-9)10-5-6-11-12(7-10)18-14(20)8-13(19)17-11/h5-7,9,15H,1-4,8H2,(H,17,19)(H,18,20). The predicted molar refractivity (Wildman–Crippen MR) is 81.9 cm³/mol. The summed E-state index contributed by atoms with van der Waals surface area (Å²) in [5.74, 6) is 0.134. The summed E-state index contributed by atoms with van der Waals surface area (Å²) >= 11 is 3.79. The molecule has 0 bridgehead atoms. The first kappa shape index (κ1) is 13.6. The molecule has 2 aliphatic rings. The van der Waals surface area contributed by atoms with Crippen molar-refractivity contribution in [3.8, 4) is 0 Å². The number of anilines is 2. The van der Waals surface area contributed by atoms with E-state index < -0.39 is 0 Å². The van der Waals surface area contributed by atoms with Gasteiger partial charge in [0.25, 0.3) is 0 Å². The molecule has 5 heteroatoms. The molecule has 1 unspecified atom stereocenters. The summed E-state index contributed by atoms with van der Waals surface area (Å²) in [6.45, 7) is 0. The van der Waals surface area contributed by atoms with Crippen molar-refractivity contribution in [1.82, 2.24) is 0 Å². The Hall–Kier alpha value is -1.36.